The second kappa shape index (κ2) is 15.1. The zero-order chi connectivity index (χ0) is 41.7. The van der Waals surface area contributed by atoms with Gasteiger partial charge in [0.1, 0.15) is 0 Å². The minimum Gasteiger partial charge on any atom is -0.310 e. The summed E-state index contributed by atoms with van der Waals surface area (Å²) in [5, 5.41) is 2.51. The van der Waals surface area contributed by atoms with Crippen molar-refractivity contribution in [3.63, 3.8) is 0 Å². The predicted molar refractivity (Wildman–Crippen MR) is 264 cm³/mol. The van der Waals surface area contributed by atoms with Crippen LogP contribution in [0.3, 0.4) is 0 Å². The van der Waals surface area contributed by atoms with E-state index < -0.39 is 5.41 Å². The molecule has 0 radical (unpaired) electrons. The van der Waals surface area contributed by atoms with Gasteiger partial charge in [-0.1, -0.05) is 188 Å². The minimum absolute atomic E-state index is 0.530. The highest BCUT2D eigenvalue weighted by Gasteiger charge is 2.46. The highest BCUT2D eigenvalue weighted by atomic mass is 15.1. The zero-order valence-electron chi connectivity index (χ0n) is 34.6. The third-order valence-corrected chi connectivity index (χ3v) is 13.0. The number of hydrogen-bond acceptors (Lipinski definition) is 1. The van der Waals surface area contributed by atoms with Crippen molar-refractivity contribution in [2.45, 2.75) is 5.41 Å². The Labute approximate surface area is 368 Å². The second-order valence-electron chi connectivity index (χ2n) is 16.5. The molecule has 0 N–H and O–H groups in total. The molecule has 0 aliphatic heterocycles. The Bertz CT molecular complexity index is 3280. The Kier molecular flexibility index (Phi) is 8.76. The van der Waals surface area contributed by atoms with Crippen LogP contribution >= 0.6 is 0 Å². The normalized spacial score (nSPS) is 12.6. The van der Waals surface area contributed by atoms with Gasteiger partial charge in [-0.05, 0) is 122 Å². The summed E-state index contributed by atoms with van der Waals surface area (Å²) in [5.41, 5.74) is 18.5. The standard InChI is InChI=1S/C61H42N2/c1-4-19-43(20-5-1)45-39-46(44-21-6-2-7-22-44)41-52(40-45)62(49-35-37-50(38-36-49)63-59-33-16-12-29-55(59)56-30-13-17-34-60(56)63)51-26-18-25-48(42-51)61(47-23-8-3-9-24-47)57-31-14-10-27-53(57)54-28-11-15-32-58(54)61/h1-42H. The van der Waals surface area contributed by atoms with Crippen LogP contribution in [0.2, 0.25) is 0 Å². The van der Waals surface area contributed by atoms with Crippen LogP contribution in [0.1, 0.15) is 22.3 Å². The molecule has 0 fully saturated rings. The average molecular weight is 803 g/mol. The van der Waals surface area contributed by atoms with E-state index in [9.17, 15) is 0 Å². The molecule has 1 aromatic heterocycles. The van der Waals surface area contributed by atoms with Gasteiger partial charge < -0.3 is 9.47 Å². The number of para-hydroxylation sites is 2. The van der Waals surface area contributed by atoms with Gasteiger partial charge in [-0.25, -0.2) is 0 Å². The molecular formula is C61H42N2. The van der Waals surface area contributed by atoms with Crippen LogP contribution in [0, 0.1) is 0 Å². The molecule has 1 aliphatic rings. The molecule has 0 spiro atoms. The number of rotatable bonds is 8. The number of aromatic nitrogens is 1. The SMILES string of the molecule is c1ccc(-c2cc(-c3ccccc3)cc(N(c3ccc(-n4c5ccccc5c5ccccc54)cc3)c3cccc(C4(c5ccccc5)c5ccccc5-c5ccccc54)c3)c2)cc1. The first kappa shape index (κ1) is 36.6. The summed E-state index contributed by atoms with van der Waals surface area (Å²) in [6, 6.07) is 93.4. The van der Waals surface area contributed by atoms with Gasteiger partial charge in [0.15, 0.2) is 0 Å². The van der Waals surface area contributed by atoms with E-state index in [-0.39, 0.29) is 0 Å². The van der Waals surface area contributed by atoms with Gasteiger partial charge in [-0.3, -0.25) is 0 Å². The van der Waals surface area contributed by atoms with Crippen LogP contribution in [0.4, 0.5) is 17.1 Å². The van der Waals surface area contributed by atoms with Crippen molar-refractivity contribution in [3.05, 3.63) is 277 Å². The van der Waals surface area contributed by atoms with E-state index in [2.05, 4.69) is 264 Å². The summed E-state index contributed by atoms with van der Waals surface area (Å²) < 4.78 is 2.39. The molecule has 10 aromatic carbocycles. The number of anilines is 3. The molecule has 0 saturated carbocycles. The fourth-order valence-electron chi connectivity index (χ4n) is 10.3. The molecule has 2 nitrogen and oxygen atoms in total. The largest absolute Gasteiger partial charge is 0.310 e. The van der Waals surface area contributed by atoms with Gasteiger partial charge in [-0.15, -0.1) is 0 Å². The van der Waals surface area contributed by atoms with E-state index in [1.54, 1.807) is 0 Å². The first-order valence-electron chi connectivity index (χ1n) is 21.8. The highest BCUT2D eigenvalue weighted by Crippen LogP contribution is 2.56. The lowest BCUT2D eigenvalue weighted by Crippen LogP contribution is -2.28. The molecule has 0 unspecified atom stereocenters. The lowest BCUT2D eigenvalue weighted by atomic mass is 9.67. The summed E-state index contributed by atoms with van der Waals surface area (Å²) >= 11 is 0. The maximum atomic E-state index is 2.45. The van der Waals surface area contributed by atoms with E-state index in [0.717, 1.165) is 33.9 Å². The topological polar surface area (TPSA) is 8.17 Å². The Morgan fingerprint density at radius 2 is 0.778 bits per heavy atom. The van der Waals surface area contributed by atoms with Crippen LogP contribution in [-0.2, 0) is 5.41 Å². The van der Waals surface area contributed by atoms with Crippen molar-refractivity contribution in [1.29, 1.82) is 0 Å². The Morgan fingerprint density at radius 3 is 1.35 bits per heavy atom. The summed E-state index contributed by atoms with van der Waals surface area (Å²) in [6.07, 6.45) is 0. The van der Waals surface area contributed by atoms with E-state index >= 15 is 0 Å². The first-order valence-corrected chi connectivity index (χ1v) is 21.8. The lowest BCUT2D eigenvalue weighted by molar-refractivity contribution is 0.768. The summed E-state index contributed by atoms with van der Waals surface area (Å²) in [6.45, 7) is 0. The molecule has 2 heteroatoms. The van der Waals surface area contributed by atoms with E-state index in [1.807, 2.05) is 0 Å². The van der Waals surface area contributed by atoms with E-state index in [1.165, 1.54) is 66.3 Å². The van der Waals surface area contributed by atoms with Crippen molar-refractivity contribution in [1.82, 2.24) is 4.57 Å². The van der Waals surface area contributed by atoms with Gasteiger partial charge in [0.2, 0.25) is 0 Å². The molecule has 0 atom stereocenters. The third-order valence-electron chi connectivity index (χ3n) is 13.0. The van der Waals surface area contributed by atoms with Crippen LogP contribution in [-0.4, -0.2) is 4.57 Å². The third kappa shape index (κ3) is 5.95. The maximum absolute atomic E-state index is 2.45. The van der Waals surface area contributed by atoms with Gasteiger partial charge in [-0.2, -0.15) is 0 Å². The maximum Gasteiger partial charge on any atom is 0.0714 e. The Balaban J connectivity index is 1.10. The first-order chi connectivity index (χ1) is 31.3. The number of benzene rings is 10. The van der Waals surface area contributed by atoms with Crippen LogP contribution in [0.25, 0.3) is 60.9 Å². The highest BCUT2D eigenvalue weighted by molar-refractivity contribution is 6.09. The molecule has 0 bridgehead atoms. The molecule has 12 rings (SSSR count). The quantitative estimate of drug-likeness (QED) is 0.149. The molecule has 63 heavy (non-hydrogen) atoms. The molecule has 1 aliphatic carbocycles. The van der Waals surface area contributed by atoms with Gasteiger partial charge in [0, 0.05) is 33.5 Å². The molecule has 1 heterocycles. The monoisotopic (exact) mass is 802 g/mol. The van der Waals surface area contributed by atoms with Crippen LogP contribution in [0.15, 0.2) is 255 Å². The van der Waals surface area contributed by atoms with Gasteiger partial charge in [0.25, 0.3) is 0 Å². The van der Waals surface area contributed by atoms with E-state index in [0.29, 0.717) is 0 Å². The lowest BCUT2D eigenvalue weighted by Gasteiger charge is -2.35. The summed E-state index contributed by atoms with van der Waals surface area (Å²) in [7, 11) is 0. The van der Waals surface area contributed by atoms with Crippen molar-refractivity contribution in [2.24, 2.45) is 0 Å². The molecule has 0 saturated heterocycles. The van der Waals surface area contributed by atoms with E-state index in [4.69, 9.17) is 0 Å². The van der Waals surface area contributed by atoms with Gasteiger partial charge in [0.05, 0.1) is 16.4 Å². The second-order valence-corrected chi connectivity index (χ2v) is 16.5. The Morgan fingerprint density at radius 1 is 0.302 bits per heavy atom. The van der Waals surface area contributed by atoms with Crippen molar-refractivity contribution < 1.29 is 0 Å². The van der Waals surface area contributed by atoms with Crippen molar-refractivity contribution in [3.8, 4) is 39.1 Å². The molecular weight excluding hydrogens is 761 g/mol. The average Bonchev–Trinajstić information content (AvgIpc) is 3.86. The Hall–Kier alpha value is -8.20. The summed E-state index contributed by atoms with van der Waals surface area (Å²) in [5.74, 6) is 0. The molecule has 296 valence electrons. The van der Waals surface area contributed by atoms with Crippen LogP contribution in [0.5, 0.6) is 0 Å². The van der Waals surface area contributed by atoms with Crippen LogP contribution < -0.4 is 4.90 Å². The van der Waals surface area contributed by atoms with Gasteiger partial charge >= 0.3 is 0 Å². The number of hydrogen-bond donors (Lipinski definition) is 0. The number of fused-ring (bicyclic) bond motifs is 6. The smallest absolute Gasteiger partial charge is 0.0714 e. The fourth-order valence-corrected chi connectivity index (χ4v) is 10.3. The van der Waals surface area contributed by atoms with Crippen molar-refractivity contribution in [2.75, 3.05) is 4.90 Å². The van der Waals surface area contributed by atoms with Crippen molar-refractivity contribution >= 4 is 38.9 Å². The summed E-state index contributed by atoms with van der Waals surface area (Å²) in [4.78, 5) is 2.45. The fraction of sp³-hybridized carbons (Fsp3) is 0.0164. The molecule has 11 aromatic rings. The zero-order valence-corrected chi connectivity index (χ0v) is 34.6. The molecule has 0 amide bonds. The predicted octanol–water partition coefficient (Wildman–Crippen LogP) is 16.0. The minimum atomic E-state index is -0.530. The number of nitrogens with zero attached hydrogens (tertiary/aromatic N) is 2.